The molecule has 4 heterocycles. The number of nitrogens with one attached hydrogen (secondary N) is 2. The summed E-state index contributed by atoms with van der Waals surface area (Å²) in [5.74, 6) is 0.695. The van der Waals surface area contributed by atoms with E-state index in [0.717, 1.165) is 46.1 Å². The predicted molar refractivity (Wildman–Crippen MR) is 120 cm³/mol. The number of aliphatic hydroxyl groups is 1. The van der Waals surface area contributed by atoms with Crippen LogP contribution in [0.25, 0.3) is 16.9 Å². The van der Waals surface area contributed by atoms with Crippen molar-refractivity contribution in [3.8, 4) is 11.3 Å². The number of H-pyrrole nitrogens is 1. The van der Waals surface area contributed by atoms with E-state index in [1.54, 1.807) is 6.20 Å². The molecule has 0 aromatic carbocycles. The van der Waals surface area contributed by atoms with Gasteiger partial charge in [-0.2, -0.15) is 9.47 Å². The molecule has 3 N–H and O–H groups in total. The quantitative estimate of drug-likeness (QED) is 0.406. The number of aliphatic hydroxyl groups excluding tert-OH is 1. The van der Waals surface area contributed by atoms with Gasteiger partial charge >= 0.3 is 0 Å². The Kier molecular flexibility index (Phi) is 5.20. The van der Waals surface area contributed by atoms with Crippen molar-refractivity contribution in [2.75, 3.05) is 19.0 Å². The zero-order valence-electron chi connectivity index (χ0n) is 17.7. The fourth-order valence-electron chi connectivity index (χ4n) is 4.46. The smallest absolute Gasteiger partial charge is 0.180 e. The summed E-state index contributed by atoms with van der Waals surface area (Å²) in [6.07, 6.45) is 11.9. The molecule has 0 amide bonds. The highest BCUT2D eigenvalue weighted by Gasteiger charge is 2.37. The second-order valence-corrected chi connectivity index (χ2v) is 9.11. The zero-order chi connectivity index (χ0) is 21.4. The van der Waals surface area contributed by atoms with Gasteiger partial charge in [0.1, 0.15) is 5.00 Å². The minimum absolute atomic E-state index is 0.110. The number of rotatable bonds is 7. The second kappa shape index (κ2) is 8.03. The van der Waals surface area contributed by atoms with Gasteiger partial charge in [-0.3, -0.25) is 14.4 Å². The average molecular weight is 439 g/mol. The number of likely N-dealkylation sites (N-methyl/N-ethyl adjacent to an activating group) is 1. The van der Waals surface area contributed by atoms with Gasteiger partial charge in [-0.25, -0.2) is 9.97 Å². The van der Waals surface area contributed by atoms with E-state index >= 15 is 0 Å². The normalized spacial score (nSPS) is 15.9. The summed E-state index contributed by atoms with van der Waals surface area (Å²) in [6.45, 7) is 2.87. The van der Waals surface area contributed by atoms with Crippen molar-refractivity contribution in [2.24, 2.45) is 0 Å². The van der Waals surface area contributed by atoms with Gasteiger partial charge in [0.05, 0.1) is 36.1 Å². The molecule has 10 heteroatoms. The van der Waals surface area contributed by atoms with E-state index in [-0.39, 0.29) is 12.1 Å². The molecule has 0 spiro atoms. The Hall–Kier alpha value is -2.82. The maximum absolute atomic E-state index is 9.97. The van der Waals surface area contributed by atoms with Crippen LogP contribution in [0.15, 0.2) is 30.9 Å². The third-order valence-corrected chi connectivity index (χ3v) is 6.99. The molecule has 1 aliphatic rings. The molecular weight excluding hydrogens is 412 g/mol. The molecule has 9 nitrogen and oxygen atoms in total. The zero-order valence-corrected chi connectivity index (χ0v) is 18.5. The molecule has 1 fully saturated rings. The van der Waals surface area contributed by atoms with Crippen molar-refractivity contribution >= 4 is 28.0 Å². The Morgan fingerprint density at radius 2 is 2.16 bits per heavy atom. The summed E-state index contributed by atoms with van der Waals surface area (Å²) in [5, 5.41) is 21.2. The van der Waals surface area contributed by atoms with E-state index in [9.17, 15) is 5.11 Å². The third kappa shape index (κ3) is 3.71. The van der Waals surface area contributed by atoms with Crippen LogP contribution < -0.4 is 5.32 Å². The van der Waals surface area contributed by atoms with Gasteiger partial charge in [-0.05, 0) is 44.4 Å². The number of aromatic amines is 1. The van der Waals surface area contributed by atoms with Crippen LogP contribution in [0.1, 0.15) is 37.1 Å². The molecule has 5 rings (SSSR count). The van der Waals surface area contributed by atoms with Crippen LogP contribution in [-0.2, 0) is 6.54 Å². The van der Waals surface area contributed by atoms with Gasteiger partial charge in [-0.15, -0.1) is 0 Å². The summed E-state index contributed by atoms with van der Waals surface area (Å²) in [7, 11) is 2.08. The summed E-state index contributed by atoms with van der Waals surface area (Å²) in [4.78, 5) is 11.5. The first-order valence-corrected chi connectivity index (χ1v) is 11.2. The number of hydrogen-bond acceptors (Lipinski definition) is 8. The van der Waals surface area contributed by atoms with Gasteiger partial charge in [0.2, 0.25) is 0 Å². The number of anilines is 2. The van der Waals surface area contributed by atoms with Crippen LogP contribution >= 0.6 is 11.5 Å². The van der Waals surface area contributed by atoms with Crippen molar-refractivity contribution in [3.63, 3.8) is 0 Å². The van der Waals surface area contributed by atoms with E-state index in [0.29, 0.717) is 12.4 Å². The first-order valence-electron chi connectivity index (χ1n) is 10.5. The number of aromatic nitrogens is 6. The Bertz CT molecular complexity index is 1180. The molecule has 1 aliphatic carbocycles. The predicted octanol–water partition coefficient (Wildman–Crippen LogP) is 3.36. The van der Waals surface area contributed by atoms with Crippen molar-refractivity contribution in [1.29, 1.82) is 0 Å². The number of aryl methyl sites for hydroxylation is 1. The average Bonchev–Trinajstić information content (AvgIpc) is 3.54. The molecule has 4 aromatic heterocycles. The van der Waals surface area contributed by atoms with Crippen LogP contribution in [0.3, 0.4) is 0 Å². The number of nitrogens with zero attached hydrogens (tertiary/aromatic N) is 6. The second-order valence-electron chi connectivity index (χ2n) is 8.31. The molecule has 0 atom stereocenters. The Labute approximate surface area is 184 Å². The van der Waals surface area contributed by atoms with Gasteiger partial charge in [0.25, 0.3) is 0 Å². The lowest BCUT2D eigenvalue weighted by atomic mass is 9.96. The van der Waals surface area contributed by atoms with E-state index in [1.165, 1.54) is 24.4 Å². The highest BCUT2D eigenvalue weighted by molar-refractivity contribution is 7.10. The van der Waals surface area contributed by atoms with Gasteiger partial charge < -0.3 is 10.4 Å². The van der Waals surface area contributed by atoms with Crippen molar-refractivity contribution in [2.45, 2.75) is 44.7 Å². The van der Waals surface area contributed by atoms with Crippen LogP contribution in [0, 0.1) is 6.92 Å². The molecule has 1 saturated carbocycles. The van der Waals surface area contributed by atoms with Crippen LogP contribution in [0.4, 0.5) is 10.8 Å². The largest absolute Gasteiger partial charge is 0.394 e. The molecule has 0 radical (unpaired) electrons. The lowest BCUT2D eigenvalue weighted by molar-refractivity contribution is 0.0479. The highest BCUT2D eigenvalue weighted by Crippen LogP contribution is 2.35. The maximum atomic E-state index is 9.97. The fraction of sp³-hybridized carbons (Fsp3) is 0.429. The van der Waals surface area contributed by atoms with Crippen LogP contribution in [0.2, 0.25) is 0 Å². The first kappa shape index (κ1) is 20.1. The van der Waals surface area contributed by atoms with Gasteiger partial charge in [-0.1, -0.05) is 12.8 Å². The van der Waals surface area contributed by atoms with Gasteiger partial charge in [0.15, 0.2) is 11.5 Å². The van der Waals surface area contributed by atoms with E-state index < -0.39 is 0 Å². The Morgan fingerprint density at radius 3 is 2.90 bits per heavy atom. The molecule has 162 valence electrons. The van der Waals surface area contributed by atoms with E-state index in [4.69, 9.17) is 0 Å². The lowest BCUT2D eigenvalue weighted by Crippen LogP contribution is -2.46. The Morgan fingerprint density at radius 1 is 1.32 bits per heavy atom. The van der Waals surface area contributed by atoms with Crippen molar-refractivity contribution in [3.05, 3.63) is 42.2 Å². The fourth-order valence-corrected chi connectivity index (χ4v) is 5.12. The minimum atomic E-state index is -0.110. The monoisotopic (exact) mass is 438 g/mol. The van der Waals surface area contributed by atoms with E-state index in [1.807, 2.05) is 29.9 Å². The minimum Gasteiger partial charge on any atom is -0.394 e. The van der Waals surface area contributed by atoms with Crippen molar-refractivity contribution in [1.82, 2.24) is 33.8 Å². The number of imidazole rings is 1. The van der Waals surface area contributed by atoms with Crippen LogP contribution in [0.5, 0.6) is 0 Å². The van der Waals surface area contributed by atoms with Crippen LogP contribution in [-0.4, -0.2) is 58.1 Å². The molecule has 4 aromatic rings. The first-order chi connectivity index (χ1) is 15.1. The number of hydrogen-bond donors (Lipinski definition) is 3. The summed E-state index contributed by atoms with van der Waals surface area (Å²) in [5.41, 5.74) is 4.43. The molecule has 0 aliphatic heterocycles. The van der Waals surface area contributed by atoms with Gasteiger partial charge in [0, 0.05) is 30.0 Å². The standard InChI is InChI=1S/C21H26N8OS/c1-14-11-29-17(15-8-23-24-9-15)10-22-20(29)19(25-14)26-18-7-16(27-31-18)12-28(2)21(13-30)5-3-4-6-21/h7-11,30H,3-6,12-13H2,1-2H3,(H,23,24)(H,25,26). The summed E-state index contributed by atoms with van der Waals surface area (Å²) < 4.78 is 6.65. The topological polar surface area (TPSA) is 107 Å². The molecule has 0 bridgehead atoms. The summed E-state index contributed by atoms with van der Waals surface area (Å²) in [6, 6.07) is 2.06. The summed E-state index contributed by atoms with van der Waals surface area (Å²) >= 11 is 1.41. The highest BCUT2D eigenvalue weighted by atomic mass is 32.1. The molecular formula is C21H26N8OS. The van der Waals surface area contributed by atoms with E-state index in [2.05, 4.69) is 47.9 Å². The lowest BCUT2D eigenvalue weighted by Gasteiger charge is -2.36. The molecule has 0 unspecified atom stereocenters. The third-order valence-electron chi connectivity index (χ3n) is 6.24. The van der Waals surface area contributed by atoms with Crippen molar-refractivity contribution < 1.29 is 5.11 Å². The molecule has 0 saturated heterocycles. The SMILES string of the molecule is Cc1cn2c(-c3cn[nH]c3)cnc2c(Nc2cc(CN(C)C3(CO)CCCC3)ns2)n1. The maximum Gasteiger partial charge on any atom is 0.180 e. The number of fused-ring (bicyclic) bond motifs is 1. The Balaban J connectivity index is 1.38. The molecule has 31 heavy (non-hydrogen) atoms.